The topological polar surface area (TPSA) is 0 Å². The van der Waals surface area contributed by atoms with E-state index in [1.165, 1.54) is 29.5 Å². The van der Waals surface area contributed by atoms with Gasteiger partial charge in [0.1, 0.15) is 0 Å². The van der Waals surface area contributed by atoms with Crippen LogP contribution in [0.4, 0.5) is 39.5 Å². The molecular weight excluding hydrogens is 490 g/mol. The number of hydrogen-bond acceptors (Lipinski definition) is 0. The van der Waals surface area contributed by atoms with E-state index in [1.54, 1.807) is 0 Å². The van der Waals surface area contributed by atoms with Gasteiger partial charge in [0.15, 0.2) is 0 Å². The Kier molecular flexibility index (Phi) is 9.57. The summed E-state index contributed by atoms with van der Waals surface area (Å²) in [6.45, 7) is 3.42. The van der Waals surface area contributed by atoms with E-state index in [-0.39, 0.29) is 12.8 Å². The zero-order valence-corrected chi connectivity index (χ0v) is 16.8. The number of hydrogen-bond donors (Lipinski definition) is 0. The van der Waals surface area contributed by atoms with Gasteiger partial charge in [0.25, 0.3) is 0 Å². The second-order valence-electron chi connectivity index (χ2n) is 6.55. The van der Waals surface area contributed by atoms with Crippen molar-refractivity contribution in [1.29, 1.82) is 0 Å². The highest BCUT2D eigenvalue weighted by atomic mass is 127. The zero-order chi connectivity index (χ0) is 20.9. The molecule has 0 aromatic carbocycles. The van der Waals surface area contributed by atoms with Crippen molar-refractivity contribution in [3.05, 3.63) is 0 Å². The van der Waals surface area contributed by atoms with E-state index in [1.807, 2.05) is 6.92 Å². The Morgan fingerprint density at radius 3 is 1.54 bits per heavy atom. The van der Waals surface area contributed by atoms with Crippen molar-refractivity contribution in [3.63, 3.8) is 0 Å². The van der Waals surface area contributed by atoms with Crippen LogP contribution in [-0.4, -0.2) is 27.4 Å². The summed E-state index contributed by atoms with van der Waals surface area (Å²) >= 11 is 1.48. The standard InChI is InChI=1S/C16H24F9I/c1-3-5-6-7-8-9-10-12(26,4-2)11-13(17,18)14(19,20)15(21,22)16(23,24)25/h3-11H2,1-2H3. The van der Waals surface area contributed by atoms with E-state index in [9.17, 15) is 39.5 Å². The molecule has 158 valence electrons. The van der Waals surface area contributed by atoms with Crippen LogP contribution < -0.4 is 0 Å². The molecule has 0 radical (unpaired) electrons. The van der Waals surface area contributed by atoms with E-state index in [2.05, 4.69) is 0 Å². The third-order valence-corrected chi connectivity index (χ3v) is 6.04. The lowest BCUT2D eigenvalue weighted by Crippen LogP contribution is -2.62. The minimum atomic E-state index is -6.81. The Morgan fingerprint density at radius 1 is 0.654 bits per heavy atom. The molecule has 0 fully saturated rings. The Labute approximate surface area is 161 Å². The maximum absolute atomic E-state index is 13.9. The molecule has 1 unspecified atom stereocenters. The summed E-state index contributed by atoms with van der Waals surface area (Å²) in [5.74, 6) is -18.8. The molecule has 0 saturated carbocycles. The lowest BCUT2D eigenvalue weighted by atomic mass is 9.88. The molecule has 0 saturated heterocycles. The van der Waals surface area contributed by atoms with Gasteiger partial charge in [-0.3, -0.25) is 0 Å². The van der Waals surface area contributed by atoms with E-state index in [4.69, 9.17) is 0 Å². The normalized spacial score (nSPS) is 16.6. The molecule has 10 heteroatoms. The zero-order valence-electron chi connectivity index (χ0n) is 14.6. The van der Waals surface area contributed by atoms with Crippen LogP contribution in [0, 0.1) is 0 Å². The minimum absolute atomic E-state index is 0.0411. The molecule has 0 bridgehead atoms. The van der Waals surface area contributed by atoms with Gasteiger partial charge in [-0.25, -0.2) is 0 Å². The van der Waals surface area contributed by atoms with Crippen molar-refractivity contribution >= 4 is 22.6 Å². The predicted octanol–water partition coefficient (Wildman–Crippen LogP) is 8.18. The molecule has 0 aromatic heterocycles. The van der Waals surface area contributed by atoms with Crippen molar-refractivity contribution in [2.24, 2.45) is 0 Å². The Bertz CT molecular complexity index is 420. The fraction of sp³-hybridized carbons (Fsp3) is 1.00. The molecule has 0 aromatic rings. The SMILES string of the molecule is CCCCCCCCC(I)(CC)CC(F)(F)C(F)(F)C(F)(F)C(F)(F)F. The molecule has 0 spiro atoms. The molecule has 0 rings (SSSR count). The Hall–Kier alpha value is 0.1000. The Morgan fingerprint density at radius 2 is 1.12 bits per heavy atom. The number of halogens is 10. The first-order valence-electron chi connectivity index (χ1n) is 8.47. The van der Waals surface area contributed by atoms with E-state index in [0.29, 0.717) is 12.8 Å². The van der Waals surface area contributed by atoms with Crippen LogP contribution in [0.25, 0.3) is 0 Å². The first-order valence-corrected chi connectivity index (χ1v) is 9.55. The first-order chi connectivity index (χ1) is 11.6. The van der Waals surface area contributed by atoms with Crippen LogP contribution in [0.3, 0.4) is 0 Å². The maximum atomic E-state index is 13.9. The summed E-state index contributed by atoms with van der Waals surface area (Å²) in [4.78, 5) is 0. The quantitative estimate of drug-likeness (QED) is 0.107. The molecule has 0 aliphatic heterocycles. The smallest absolute Gasteiger partial charge is 0.200 e. The fourth-order valence-electron chi connectivity index (χ4n) is 2.53. The Balaban J connectivity index is 5.10. The van der Waals surface area contributed by atoms with E-state index >= 15 is 0 Å². The summed E-state index contributed by atoms with van der Waals surface area (Å²) in [7, 11) is 0. The summed E-state index contributed by atoms with van der Waals surface area (Å²) in [6.07, 6.45) is -3.69. The fourth-order valence-corrected chi connectivity index (χ4v) is 3.39. The van der Waals surface area contributed by atoms with Crippen LogP contribution in [0.2, 0.25) is 0 Å². The summed E-state index contributed by atoms with van der Waals surface area (Å²) in [6, 6.07) is 0. The summed E-state index contributed by atoms with van der Waals surface area (Å²) in [5, 5.41) is 0. The highest BCUT2D eigenvalue weighted by molar-refractivity contribution is 14.1. The van der Waals surface area contributed by atoms with Crippen molar-refractivity contribution in [2.45, 2.75) is 99.0 Å². The van der Waals surface area contributed by atoms with Crippen LogP contribution in [0.15, 0.2) is 0 Å². The number of unbranched alkanes of at least 4 members (excludes halogenated alkanes) is 5. The van der Waals surface area contributed by atoms with E-state index < -0.39 is 33.8 Å². The molecule has 0 amide bonds. The van der Waals surface area contributed by atoms with Crippen molar-refractivity contribution < 1.29 is 39.5 Å². The summed E-state index contributed by atoms with van der Waals surface area (Å²) in [5.41, 5.74) is 0. The van der Waals surface area contributed by atoms with Gasteiger partial charge in [0.05, 0.1) is 0 Å². The molecule has 0 heterocycles. The second kappa shape index (κ2) is 9.54. The van der Waals surface area contributed by atoms with Gasteiger partial charge in [-0.05, 0) is 12.8 Å². The van der Waals surface area contributed by atoms with Gasteiger partial charge in [-0.2, -0.15) is 39.5 Å². The molecule has 26 heavy (non-hydrogen) atoms. The highest BCUT2D eigenvalue weighted by Gasteiger charge is 2.81. The minimum Gasteiger partial charge on any atom is -0.200 e. The molecule has 0 N–H and O–H groups in total. The molecule has 1 atom stereocenters. The molecule has 0 aliphatic rings. The van der Waals surface area contributed by atoms with Gasteiger partial charge in [-0.15, -0.1) is 0 Å². The van der Waals surface area contributed by atoms with Crippen LogP contribution in [-0.2, 0) is 0 Å². The van der Waals surface area contributed by atoms with Crippen molar-refractivity contribution in [2.75, 3.05) is 0 Å². The predicted molar refractivity (Wildman–Crippen MR) is 90.5 cm³/mol. The average Bonchev–Trinajstić information content (AvgIpc) is 2.48. The summed E-state index contributed by atoms with van der Waals surface area (Å²) < 4.78 is 115. The third kappa shape index (κ3) is 6.32. The molecular formula is C16H24F9I. The lowest BCUT2D eigenvalue weighted by Gasteiger charge is -2.38. The second-order valence-corrected chi connectivity index (χ2v) is 8.84. The number of alkyl halides is 10. The third-order valence-electron chi connectivity index (χ3n) is 4.36. The van der Waals surface area contributed by atoms with Gasteiger partial charge in [0.2, 0.25) is 0 Å². The van der Waals surface area contributed by atoms with Gasteiger partial charge in [0, 0.05) is 9.84 Å². The van der Waals surface area contributed by atoms with Crippen LogP contribution in [0.1, 0.15) is 71.6 Å². The van der Waals surface area contributed by atoms with Gasteiger partial charge >= 0.3 is 23.9 Å². The van der Waals surface area contributed by atoms with E-state index in [0.717, 1.165) is 25.7 Å². The maximum Gasteiger partial charge on any atom is 0.460 e. The average molecular weight is 514 g/mol. The molecule has 0 nitrogen and oxygen atoms in total. The monoisotopic (exact) mass is 514 g/mol. The lowest BCUT2D eigenvalue weighted by molar-refractivity contribution is -0.397. The first kappa shape index (κ1) is 26.1. The highest BCUT2D eigenvalue weighted by Crippen LogP contribution is 2.56. The molecule has 0 aliphatic carbocycles. The number of rotatable bonds is 12. The van der Waals surface area contributed by atoms with Crippen LogP contribution >= 0.6 is 22.6 Å². The van der Waals surface area contributed by atoms with Gasteiger partial charge < -0.3 is 0 Å². The van der Waals surface area contributed by atoms with Crippen LogP contribution in [0.5, 0.6) is 0 Å². The largest absolute Gasteiger partial charge is 0.460 e. The van der Waals surface area contributed by atoms with Gasteiger partial charge in [-0.1, -0.05) is 75.0 Å². The van der Waals surface area contributed by atoms with Crippen molar-refractivity contribution in [3.8, 4) is 0 Å². The van der Waals surface area contributed by atoms with Crippen molar-refractivity contribution in [1.82, 2.24) is 0 Å².